The number of likely N-dealkylation sites (N-methyl/N-ethyl adjacent to an activating group) is 1. The van der Waals surface area contributed by atoms with E-state index >= 15 is 0 Å². The van der Waals surface area contributed by atoms with Crippen molar-refractivity contribution in [3.8, 4) is 0 Å². The molecule has 2 aliphatic rings. The van der Waals surface area contributed by atoms with Crippen LogP contribution in [0, 0.1) is 11.8 Å². The average molecular weight is 266 g/mol. The third-order valence-corrected chi connectivity index (χ3v) is 5.60. The van der Waals surface area contributed by atoms with Gasteiger partial charge in [0.1, 0.15) is 0 Å². The van der Waals surface area contributed by atoms with Crippen LogP contribution in [-0.4, -0.2) is 30.1 Å². The number of nitrogens with zero attached hydrogens (tertiary/aromatic N) is 1. The molecule has 0 aromatic heterocycles. The Morgan fingerprint density at radius 3 is 2.37 bits per heavy atom. The fourth-order valence-corrected chi connectivity index (χ4v) is 4.61. The fourth-order valence-electron chi connectivity index (χ4n) is 4.61. The third kappa shape index (κ3) is 3.95. The summed E-state index contributed by atoms with van der Waals surface area (Å²) >= 11 is 0. The third-order valence-electron chi connectivity index (χ3n) is 5.60. The second kappa shape index (κ2) is 7.64. The summed E-state index contributed by atoms with van der Waals surface area (Å²) in [6.07, 6.45) is 12.8. The van der Waals surface area contributed by atoms with Crippen LogP contribution < -0.4 is 5.73 Å². The van der Waals surface area contributed by atoms with E-state index in [1.807, 2.05) is 0 Å². The van der Waals surface area contributed by atoms with Crippen LogP contribution in [0.5, 0.6) is 0 Å². The first kappa shape index (κ1) is 15.3. The summed E-state index contributed by atoms with van der Waals surface area (Å²) in [7, 11) is 0. The maximum atomic E-state index is 6.19. The van der Waals surface area contributed by atoms with Crippen molar-refractivity contribution in [1.29, 1.82) is 0 Å². The standard InChI is InChI=1S/C17H34N2/c1-3-19(16-10-5-4-6-11-16)17(13-18)15-9-7-8-14(2)12-15/h14-17H,3-13,18H2,1-2H3. The lowest BCUT2D eigenvalue weighted by molar-refractivity contribution is 0.0577. The Hall–Kier alpha value is -0.0800. The molecule has 2 heteroatoms. The molecule has 2 saturated carbocycles. The van der Waals surface area contributed by atoms with Crippen molar-refractivity contribution in [3.05, 3.63) is 0 Å². The van der Waals surface area contributed by atoms with Crippen LogP contribution in [0.3, 0.4) is 0 Å². The number of hydrogen-bond donors (Lipinski definition) is 1. The molecule has 2 fully saturated rings. The Morgan fingerprint density at radius 2 is 1.79 bits per heavy atom. The van der Waals surface area contributed by atoms with Crippen molar-refractivity contribution < 1.29 is 0 Å². The van der Waals surface area contributed by atoms with Gasteiger partial charge < -0.3 is 5.73 Å². The molecule has 19 heavy (non-hydrogen) atoms. The fraction of sp³-hybridized carbons (Fsp3) is 1.00. The second-order valence-electron chi connectivity index (χ2n) is 6.96. The Kier molecular flexibility index (Phi) is 6.15. The van der Waals surface area contributed by atoms with Crippen molar-refractivity contribution in [2.24, 2.45) is 17.6 Å². The minimum atomic E-state index is 0.649. The van der Waals surface area contributed by atoms with Gasteiger partial charge in [0, 0.05) is 18.6 Å². The molecule has 0 saturated heterocycles. The van der Waals surface area contributed by atoms with Gasteiger partial charge in [0.15, 0.2) is 0 Å². The van der Waals surface area contributed by atoms with Gasteiger partial charge in [0.2, 0.25) is 0 Å². The van der Waals surface area contributed by atoms with Crippen LogP contribution in [0.2, 0.25) is 0 Å². The SMILES string of the molecule is CCN(C1CCCCC1)C(CN)C1CCCC(C)C1. The van der Waals surface area contributed by atoms with Gasteiger partial charge in [0.25, 0.3) is 0 Å². The van der Waals surface area contributed by atoms with Gasteiger partial charge in [-0.25, -0.2) is 0 Å². The quantitative estimate of drug-likeness (QED) is 0.820. The van der Waals surface area contributed by atoms with E-state index in [9.17, 15) is 0 Å². The molecule has 2 N–H and O–H groups in total. The molecular weight excluding hydrogens is 232 g/mol. The molecular formula is C17H34N2. The van der Waals surface area contributed by atoms with E-state index in [0.29, 0.717) is 6.04 Å². The van der Waals surface area contributed by atoms with Crippen molar-refractivity contribution in [2.45, 2.75) is 83.7 Å². The normalized spacial score (nSPS) is 31.6. The minimum Gasteiger partial charge on any atom is -0.329 e. The molecule has 2 aliphatic carbocycles. The summed E-state index contributed by atoms with van der Waals surface area (Å²) in [5.74, 6) is 1.77. The predicted octanol–water partition coefficient (Wildman–Crippen LogP) is 3.79. The van der Waals surface area contributed by atoms with E-state index < -0.39 is 0 Å². The Labute approximate surface area is 120 Å². The van der Waals surface area contributed by atoms with Crippen LogP contribution in [0.1, 0.15) is 71.6 Å². The molecule has 2 rings (SSSR count). The molecule has 3 unspecified atom stereocenters. The second-order valence-corrected chi connectivity index (χ2v) is 6.96. The zero-order valence-electron chi connectivity index (χ0n) is 13.1. The molecule has 0 amide bonds. The molecule has 112 valence electrons. The Morgan fingerprint density at radius 1 is 1.05 bits per heavy atom. The molecule has 0 radical (unpaired) electrons. The number of rotatable bonds is 5. The van der Waals surface area contributed by atoms with E-state index in [0.717, 1.165) is 24.4 Å². The van der Waals surface area contributed by atoms with Crippen molar-refractivity contribution in [2.75, 3.05) is 13.1 Å². The first-order valence-corrected chi connectivity index (χ1v) is 8.72. The molecule has 3 atom stereocenters. The zero-order valence-corrected chi connectivity index (χ0v) is 13.1. The van der Waals surface area contributed by atoms with Crippen molar-refractivity contribution in [1.82, 2.24) is 4.90 Å². The topological polar surface area (TPSA) is 29.3 Å². The lowest BCUT2D eigenvalue weighted by atomic mass is 9.77. The van der Waals surface area contributed by atoms with Crippen LogP contribution in [-0.2, 0) is 0 Å². The molecule has 2 nitrogen and oxygen atoms in total. The van der Waals surface area contributed by atoms with Gasteiger partial charge in [-0.15, -0.1) is 0 Å². The highest BCUT2D eigenvalue weighted by molar-refractivity contribution is 4.88. The Bertz CT molecular complexity index is 248. The lowest BCUT2D eigenvalue weighted by Crippen LogP contribution is -2.51. The summed E-state index contributed by atoms with van der Waals surface area (Å²) < 4.78 is 0. The average Bonchev–Trinajstić information content (AvgIpc) is 2.45. The monoisotopic (exact) mass is 266 g/mol. The summed E-state index contributed by atoms with van der Waals surface area (Å²) in [5, 5.41) is 0. The molecule has 0 aliphatic heterocycles. The van der Waals surface area contributed by atoms with Crippen LogP contribution >= 0.6 is 0 Å². The van der Waals surface area contributed by atoms with E-state index in [1.54, 1.807) is 0 Å². The maximum absolute atomic E-state index is 6.19. The highest BCUT2D eigenvalue weighted by Crippen LogP contribution is 2.34. The van der Waals surface area contributed by atoms with Crippen LogP contribution in [0.15, 0.2) is 0 Å². The molecule has 0 aromatic carbocycles. The largest absolute Gasteiger partial charge is 0.329 e. The summed E-state index contributed by atoms with van der Waals surface area (Å²) in [6, 6.07) is 1.47. The summed E-state index contributed by atoms with van der Waals surface area (Å²) in [5.41, 5.74) is 6.19. The molecule has 0 aromatic rings. The van der Waals surface area contributed by atoms with Gasteiger partial charge in [-0.3, -0.25) is 4.90 Å². The zero-order chi connectivity index (χ0) is 13.7. The van der Waals surface area contributed by atoms with Crippen LogP contribution in [0.25, 0.3) is 0 Å². The van der Waals surface area contributed by atoms with E-state index in [1.165, 1.54) is 64.3 Å². The molecule has 0 spiro atoms. The minimum absolute atomic E-state index is 0.649. The number of hydrogen-bond acceptors (Lipinski definition) is 2. The van der Waals surface area contributed by atoms with Gasteiger partial charge in [-0.05, 0) is 44.1 Å². The van der Waals surface area contributed by atoms with Crippen LogP contribution in [0.4, 0.5) is 0 Å². The van der Waals surface area contributed by atoms with Crippen molar-refractivity contribution >= 4 is 0 Å². The van der Waals surface area contributed by atoms with Gasteiger partial charge in [0.05, 0.1) is 0 Å². The predicted molar refractivity (Wildman–Crippen MR) is 83.2 cm³/mol. The van der Waals surface area contributed by atoms with Gasteiger partial charge >= 0.3 is 0 Å². The Balaban J connectivity index is 2.00. The molecule has 0 heterocycles. The van der Waals surface area contributed by atoms with Crippen molar-refractivity contribution in [3.63, 3.8) is 0 Å². The highest BCUT2D eigenvalue weighted by Gasteiger charge is 2.33. The first-order chi connectivity index (χ1) is 9.26. The van der Waals surface area contributed by atoms with Gasteiger partial charge in [-0.1, -0.05) is 46.0 Å². The number of nitrogens with two attached hydrogens (primary N) is 1. The maximum Gasteiger partial charge on any atom is 0.0249 e. The van der Waals surface area contributed by atoms with E-state index in [2.05, 4.69) is 18.7 Å². The first-order valence-electron chi connectivity index (χ1n) is 8.72. The smallest absolute Gasteiger partial charge is 0.0249 e. The molecule has 0 bridgehead atoms. The van der Waals surface area contributed by atoms with E-state index in [4.69, 9.17) is 5.73 Å². The summed E-state index contributed by atoms with van der Waals surface area (Å²) in [4.78, 5) is 2.78. The van der Waals surface area contributed by atoms with E-state index in [-0.39, 0.29) is 0 Å². The lowest BCUT2D eigenvalue weighted by Gasteiger charge is -2.44. The highest BCUT2D eigenvalue weighted by atomic mass is 15.2. The summed E-state index contributed by atoms with van der Waals surface area (Å²) in [6.45, 7) is 6.82. The van der Waals surface area contributed by atoms with Gasteiger partial charge in [-0.2, -0.15) is 0 Å².